The SMILES string of the molecule is CCC(NC(=O)Cn1ncc(N[C@@H]2C[C@@H]3C[C@H]([C@H]2C)C3(C)C)c(Cl)c1=O)c1ccncn1. The van der Waals surface area contributed by atoms with Gasteiger partial charge in [0.15, 0.2) is 0 Å². The number of aromatic nitrogens is 4. The van der Waals surface area contributed by atoms with E-state index in [0.717, 1.165) is 16.8 Å². The van der Waals surface area contributed by atoms with Gasteiger partial charge in [0, 0.05) is 12.2 Å². The second kappa shape index (κ2) is 8.81. The van der Waals surface area contributed by atoms with E-state index in [0.29, 0.717) is 35.3 Å². The molecule has 3 saturated carbocycles. The second-order valence-corrected chi connectivity index (χ2v) is 10.1. The van der Waals surface area contributed by atoms with Crippen molar-refractivity contribution in [2.24, 2.45) is 23.2 Å². The Hall–Kier alpha value is -2.48. The van der Waals surface area contributed by atoms with Crippen molar-refractivity contribution in [1.82, 2.24) is 25.1 Å². The highest BCUT2D eigenvalue weighted by molar-refractivity contribution is 6.32. The van der Waals surface area contributed by atoms with E-state index >= 15 is 0 Å². The zero-order valence-electron chi connectivity index (χ0n) is 19.0. The van der Waals surface area contributed by atoms with Crippen LogP contribution in [0.25, 0.3) is 0 Å². The first-order valence-corrected chi connectivity index (χ1v) is 11.7. The van der Waals surface area contributed by atoms with Crippen LogP contribution in [0.3, 0.4) is 0 Å². The van der Waals surface area contributed by atoms with Gasteiger partial charge in [-0.1, -0.05) is 39.3 Å². The first-order valence-electron chi connectivity index (χ1n) is 11.3. The monoisotopic (exact) mass is 458 g/mol. The minimum absolute atomic E-state index is 0.0707. The Balaban J connectivity index is 1.42. The molecule has 2 bridgehead atoms. The van der Waals surface area contributed by atoms with Gasteiger partial charge in [-0.25, -0.2) is 14.6 Å². The predicted octanol–water partition coefficient (Wildman–Crippen LogP) is 3.44. The van der Waals surface area contributed by atoms with E-state index in [1.807, 2.05) is 6.92 Å². The molecule has 32 heavy (non-hydrogen) atoms. The van der Waals surface area contributed by atoms with Crippen LogP contribution in [0.2, 0.25) is 5.02 Å². The molecule has 0 aliphatic heterocycles. The summed E-state index contributed by atoms with van der Waals surface area (Å²) in [5.41, 5.74) is 1.17. The minimum Gasteiger partial charge on any atom is -0.379 e. The van der Waals surface area contributed by atoms with Crippen LogP contribution in [0, 0.1) is 23.2 Å². The highest BCUT2D eigenvalue weighted by Gasteiger charge is 2.56. The quantitative estimate of drug-likeness (QED) is 0.659. The largest absolute Gasteiger partial charge is 0.379 e. The highest BCUT2D eigenvalue weighted by atomic mass is 35.5. The minimum atomic E-state index is -0.476. The Labute approximate surface area is 193 Å². The fraction of sp³-hybridized carbons (Fsp3) is 0.609. The second-order valence-electron chi connectivity index (χ2n) is 9.70. The summed E-state index contributed by atoms with van der Waals surface area (Å²) in [5.74, 6) is 1.53. The molecule has 5 atom stereocenters. The van der Waals surface area contributed by atoms with Crippen molar-refractivity contribution < 1.29 is 4.79 Å². The lowest BCUT2D eigenvalue weighted by atomic mass is 9.45. The lowest BCUT2D eigenvalue weighted by Crippen LogP contribution is -2.58. The Morgan fingerprint density at radius 2 is 2.16 bits per heavy atom. The average Bonchev–Trinajstić information content (AvgIpc) is 2.78. The van der Waals surface area contributed by atoms with Gasteiger partial charge in [-0.3, -0.25) is 9.59 Å². The van der Waals surface area contributed by atoms with Crippen LogP contribution in [0.4, 0.5) is 5.69 Å². The van der Waals surface area contributed by atoms with E-state index in [9.17, 15) is 9.59 Å². The van der Waals surface area contributed by atoms with Gasteiger partial charge in [0.05, 0.1) is 23.6 Å². The Kier molecular flexibility index (Phi) is 6.25. The van der Waals surface area contributed by atoms with Gasteiger partial charge >= 0.3 is 0 Å². The van der Waals surface area contributed by atoms with Crippen molar-refractivity contribution in [3.63, 3.8) is 0 Å². The number of halogens is 1. The van der Waals surface area contributed by atoms with Crippen LogP contribution in [-0.4, -0.2) is 31.7 Å². The number of nitrogens with one attached hydrogen (secondary N) is 2. The molecule has 0 spiro atoms. The summed E-state index contributed by atoms with van der Waals surface area (Å²) in [6.45, 7) is 8.72. The first kappa shape index (κ1) is 22.7. The third-order valence-electron chi connectivity index (χ3n) is 7.68. The lowest BCUT2D eigenvalue weighted by Gasteiger charge is -2.62. The van der Waals surface area contributed by atoms with Crippen molar-refractivity contribution >= 4 is 23.2 Å². The van der Waals surface area contributed by atoms with Gasteiger partial charge in [-0.05, 0) is 48.5 Å². The van der Waals surface area contributed by atoms with Gasteiger partial charge in [-0.2, -0.15) is 5.10 Å². The number of rotatable bonds is 7. The molecular weight excluding hydrogens is 428 g/mol. The van der Waals surface area contributed by atoms with E-state index < -0.39 is 5.56 Å². The third-order valence-corrected chi connectivity index (χ3v) is 8.04. The number of hydrogen-bond donors (Lipinski definition) is 2. The smallest absolute Gasteiger partial charge is 0.288 e. The summed E-state index contributed by atoms with van der Waals surface area (Å²) < 4.78 is 1.10. The van der Waals surface area contributed by atoms with E-state index in [-0.39, 0.29) is 29.6 Å². The van der Waals surface area contributed by atoms with Gasteiger partial charge < -0.3 is 10.6 Å². The van der Waals surface area contributed by atoms with E-state index in [1.165, 1.54) is 12.7 Å². The van der Waals surface area contributed by atoms with Crippen molar-refractivity contribution in [1.29, 1.82) is 0 Å². The molecule has 3 fully saturated rings. The molecule has 8 nitrogen and oxygen atoms in total. The fourth-order valence-electron chi connectivity index (χ4n) is 5.49. The summed E-state index contributed by atoms with van der Waals surface area (Å²) in [7, 11) is 0. The molecule has 2 heterocycles. The Morgan fingerprint density at radius 3 is 2.78 bits per heavy atom. The summed E-state index contributed by atoms with van der Waals surface area (Å²) >= 11 is 6.40. The van der Waals surface area contributed by atoms with Gasteiger partial charge in [0.1, 0.15) is 17.9 Å². The van der Waals surface area contributed by atoms with E-state index in [2.05, 4.69) is 46.5 Å². The van der Waals surface area contributed by atoms with Crippen molar-refractivity contribution in [2.75, 3.05) is 5.32 Å². The normalized spacial score (nSPS) is 26.7. The fourth-order valence-corrected chi connectivity index (χ4v) is 5.69. The first-order chi connectivity index (χ1) is 15.2. The number of nitrogens with zero attached hydrogens (tertiary/aromatic N) is 4. The molecule has 2 N–H and O–H groups in total. The zero-order valence-corrected chi connectivity index (χ0v) is 19.8. The van der Waals surface area contributed by atoms with Crippen molar-refractivity contribution in [2.45, 2.75) is 65.6 Å². The van der Waals surface area contributed by atoms with Crippen LogP contribution in [-0.2, 0) is 11.3 Å². The van der Waals surface area contributed by atoms with Gasteiger partial charge in [-0.15, -0.1) is 0 Å². The van der Waals surface area contributed by atoms with E-state index in [1.54, 1.807) is 18.5 Å². The van der Waals surface area contributed by atoms with E-state index in [4.69, 9.17) is 11.6 Å². The average molecular weight is 459 g/mol. The third kappa shape index (κ3) is 4.12. The summed E-state index contributed by atoms with van der Waals surface area (Å²) in [4.78, 5) is 33.4. The number of carbonyl (C=O) groups is 1. The van der Waals surface area contributed by atoms with Crippen molar-refractivity contribution in [3.05, 3.63) is 45.9 Å². The molecule has 1 unspecified atom stereocenters. The molecule has 9 heteroatoms. The maximum Gasteiger partial charge on any atom is 0.288 e. The maximum absolute atomic E-state index is 12.8. The highest BCUT2D eigenvalue weighted by Crippen LogP contribution is 2.61. The molecule has 2 aromatic heterocycles. The molecule has 3 aliphatic rings. The summed E-state index contributed by atoms with van der Waals surface area (Å²) in [6, 6.07) is 1.76. The molecule has 172 valence electrons. The molecule has 3 aliphatic carbocycles. The van der Waals surface area contributed by atoms with Crippen LogP contribution in [0.1, 0.15) is 58.7 Å². The standard InChI is InChI=1S/C23H31ClN6O2/c1-5-16(17-6-7-25-12-26-17)29-20(31)11-30-22(32)21(24)19(10-27-30)28-18-9-14-8-15(13(18)2)23(14,3)4/h6-7,10,12-16,18,28H,5,8-9,11H2,1-4H3,(H,29,31)/t13-,14+,15-,16?,18-/m1/s1. The Bertz CT molecular complexity index is 1040. The zero-order chi connectivity index (χ0) is 23.0. The lowest BCUT2D eigenvalue weighted by molar-refractivity contribution is -0.122. The van der Waals surface area contributed by atoms with Crippen LogP contribution in [0.5, 0.6) is 0 Å². The number of carbonyl (C=O) groups excluding carboxylic acids is 1. The maximum atomic E-state index is 12.8. The molecular formula is C23H31ClN6O2. The molecule has 0 aromatic carbocycles. The van der Waals surface area contributed by atoms with Crippen LogP contribution < -0.4 is 16.2 Å². The molecule has 1 amide bonds. The topological polar surface area (TPSA) is 102 Å². The summed E-state index contributed by atoms with van der Waals surface area (Å²) in [6.07, 6.45) is 7.63. The number of fused-ring (bicyclic) bond motifs is 2. The number of hydrogen-bond acceptors (Lipinski definition) is 6. The van der Waals surface area contributed by atoms with Gasteiger partial charge in [0.2, 0.25) is 5.91 Å². The number of amides is 1. The predicted molar refractivity (Wildman–Crippen MR) is 123 cm³/mol. The molecule has 0 saturated heterocycles. The number of anilines is 1. The molecule has 2 aromatic rings. The van der Waals surface area contributed by atoms with Gasteiger partial charge in [0.25, 0.3) is 5.56 Å². The van der Waals surface area contributed by atoms with Crippen LogP contribution >= 0.6 is 11.6 Å². The van der Waals surface area contributed by atoms with Crippen molar-refractivity contribution in [3.8, 4) is 0 Å². The molecule has 0 radical (unpaired) electrons. The Morgan fingerprint density at radius 1 is 1.38 bits per heavy atom. The van der Waals surface area contributed by atoms with Crippen LogP contribution in [0.15, 0.2) is 29.6 Å². The molecule has 5 rings (SSSR count). The summed E-state index contributed by atoms with van der Waals surface area (Å²) in [5, 5.41) is 10.6.